The van der Waals surface area contributed by atoms with Gasteiger partial charge >= 0.3 is 5.97 Å². The van der Waals surface area contributed by atoms with Crippen molar-refractivity contribution in [3.63, 3.8) is 0 Å². The van der Waals surface area contributed by atoms with E-state index >= 15 is 0 Å². The van der Waals surface area contributed by atoms with E-state index in [2.05, 4.69) is 11.9 Å². The van der Waals surface area contributed by atoms with Crippen LogP contribution in [-0.2, 0) is 26.8 Å². The molecule has 5 heteroatoms. The molecule has 0 N–H and O–H groups in total. The normalized spacial score (nSPS) is 8.15. The second-order valence-electron chi connectivity index (χ2n) is 2.61. The third-order valence-corrected chi connectivity index (χ3v) is 1.57. The molecule has 0 aromatic heterocycles. The van der Waals surface area contributed by atoms with Gasteiger partial charge in [0, 0.05) is 28.0 Å². The van der Waals surface area contributed by atoms with Gasteiger partial charge in [-0.05, 0) is 6.42 Å². The largest absolute Gasteiger partial charge is 0.348 e. The summed E-state index contributed by atoms with van der Waals surface area (Å²) in [6, 6.07) is 0. The van der Waals surface area contributed by atoms with Crippen LogP contribution in [0.2, 0.25) is 0 Å². The number of carbonyl (C=O) groups excluding carboxylic acids is 1. The van der Waals surface area contributed by atoms with Crippen LogP contribution < -0.4 is 0 Å². The molecule has 0 fully saturated rings. The molecule has 0 saturated carbocycles. The van der Waals surface area contributed by atoms with E-state index in [4.69, 9.17) is 0 Å². The van der Waals surface area contributed by atoms with Crippen molar-refractivity contribution in [2.45, 2.75) is 45.4 Å². The summed E-state index contributed by atoms with van der Waals surface area (Å²) in [7, 11) is 0. The Morgan fingerprint density at radius 2 is 1.77 bits per heavy atom. The number of carbonyl (C=O) groups is 1. The van der Waals surface area contributed by atoms with Gasteiger partial charge in [-0.1, -0.05) is 32.6 Å². The summed E-state index contributed by atoms with van der Waals surface area (Å²) in [6.45, 7) is 2.12. The molecule has 0 aliphatic heterocycles. The summed E-state index contributed by atoms with van der Waals surface area (Å²) in [6.07, 6.45) is 5.42. The molecule has 1 radical (unpaired) electrons. The van der Waals surface area contributed by atoms with Crippen LogP contribution in [0.1, 0.15) is 45.4 Å². The first kappa shape index (κ1) is 19.1. The maximum absolute atomic E-state index is 11.1. The first-order valence-electron chi connectivity index (χ1n) is 4.12. The summed E-state index contributed by atoms with van der Waals surface area (Å²) in [5.41, 5.74) is 0. The molecule has 83 valence electrons. The number of rotatable bonds is 6. The van der Waals surface area contributed by atoms with E-state index in [1.807, 2.05) is 0 Å². The molecule has 0 aliphatic carbocycles. The van der Waals surface area contributed by atoms with Gasteiger partial charge in [0.25, 0.3) is 0 Å². The summed E-state index contributed by atoms with van der Waals surface area (Å²) in [5, 5.41) is 0. The fraction of sp³-hybridized carbons (Fsp3) is 0.875. The molecule has 0 aromatic rings. The van der Waals surface area contributed by atoms with Crippen LogP contribution in [0.3, 0.4) is 0 Å². The number of halogens is 1. The van der Waals surface area contributed by atoms with Crippen molar-refractivity contribution in [2.24, 2.45) is 0 Å². The summed E-state index contributed by atoms with van der Waals surface area (Å²) < 4.78 is 11.1. The van der Waals surface area contributed by atoms with E-state index in [0.29, 0.717) is 0 Å². The minimum atomic E-state index is -0.749. The van der Waals surface area contributed by atoms with Crippen LogP contribution in [0, 0.1) is 0 Å². The van der Waals surface area contributed by atoms with Crippen molar-refractivity contribution >= 4 is 23.3 Å². The zero-order valence-corrected chi connectivity index (χ0v) is 8.18. The van der Waals surface area contributed by atoms with Gasteiger partial charge in [0.2, 0.25) is 0 Å². The maximum atomic E-state index is 11.1. The van der Waals surface area contributed by atoms with Crippen molar-refractivity contribution in [1.29, 1.82) is 0 Å². The predicted octanol–water partition coefficient (Wildman–Crippen LogP) is 1.59. The Hall–Kier alpha value is 0.452. The minimum absolute atomic E-state index is 0. The Bertz CT molecular complexity index is 114. The van der Waals surface area contributed by atoms with Crippen LogP contribution in [0.25, 0.3) is 0 Å². The number of hydrogen-bond acceptors (Lipinski definition) is 2. The fourth-order valence-electron chi connectivity index (χ4n) is 0.911. The van der Waals surface area contributed by atoms with Crippen LogP contribution in [-0.4, -0.2) is 23.3 Å². The molecule has 0 aliphatic rings. The maximum Gasteiger partial charge on any atom is 0.348 e. The molecule has 0 heterocycles. The average Bonchev–Trinajstić information content (AvgIpc) is 2.04. The fourth-order valence-corrected chi connectivity index (χ4v) is 0.911. The molecule has 0 rings (SSSR count). The van der Waals surface area contributed by atoms with Gasteiger partial charge in [0.15, 0.2) is 17.4 Å². The van der Waals surface area contributed by atoms with Gasteiger partial charge in [0.1, 0.15) is 0 Å². The van der Waals surface area contributed by atoms with E-state index in [0.717, 1.165) is 19.3 Å². The molecule has 2 nitrogen and oxygen atoms in total. The van der Waals surface area contributed by atoms with Gasteiger partial charge in [-0.3, -0.25) is 4.94 Å². The zero-order valence-electron chi connectivity index (χ0n) is 7.24. The first-order valence-corrected chi connectivity index (χ1v) is 4.12. The van der Waals surface area contributed by atoms with E-state index in [1.165, 1.54) is 12.8 Å². The Labute approximate surface area is 100 Å². The molecule has 0 spiro atoms. The summed E-state index contributed by atoms with van der Waals surface area (Å²) >= 11 is 0. The van der Waals surface area contributed by atoms with Gasteiger partial charge < -0.3 is 0 Å². The second kappa shape index (κ2) is 14.9. The number of unbranched alkanes of at least 4 members (excludes halogenated alkanes) is 4. The van der Waals surface area contributed by atoms with Gasteiger partial charge in [-0.15, -0.1) is 0 Å². The molecular weight excluding hydrogens is 238 g/mol. The Morgan fingerprint density at radius 1 is 1.23 bits per heavy atom. The topological polar surface area (TPSA) is 26.3 Å². The summed E-state index contributed by atoms with van der Waals surface area (Å²) in [5.74, 6) is -0.749. The van der Waals surface area contributed by atoms with Gasteiger partial charge in [-0.2, -0.15) is 0 Å². The SMILES string of the molecule is CCCCCCCC(=O)OF.[AlH3].[Cu]. The molecular formula is C8H18AlCuFO2. The number of hydrogen-bond donors (Lipinski definition) is 0. The van der Waals surface area contributed by atoms with Crippen molar-refractivity contribution in [2.75, 3.05) is 0 Å². The molecule has 0 amide bonds. The third-order valence-electron chi connectivity index (χ3n) is 1.57. The molecule has 0 bridgehead atoms. The van der Waals surface area contributed by atoms with Crippen molar-refractivity contribution < 1.29 is 31.3 Å². The Balaban J connectivity index is -0.000000500. The Morgan fingerprint density at radius 3 is 2.23 bits per heavy atom. The minimum Gasteiger partial charge on any atom is -0.255 e. The van der Waals surface area contributed by atoms with E-state index < -0.39 is 5.97 Å². The van der Waals surface area contributed by atoms with Crippen LogP contribution in [0.4, 0.5) is 4.53 Å². The average molecular weight is 256 g/mol. The van der Waals surface area contributed by atoms with E-state index in [-0.39, 0.29) is 40.9 Å². The smallest absolute Gasteiger partial charge is 0.255 e. The second-order valence-corrected chi connectivity index (χ2v) is 2.61. The Kier molecular flexibility index (Phi) is 22.0. The molecule has 0 atom stereocenters. The molecule has 0 unspecified atom stereocenters. The van der Waals surface area contributed by atoms with Crippen molar-refractivity contribution in [3.8, 4) is 0 Å². The van der Waals surface area contributed by atoms with Crippen molar-refractivity contribution in [1.82, 2.24) is 0 Å². The predicted molar refractivity (Wildman–Crippen MR) is 50.5 cm³/mol. The van der Waals surface area contributed by atoms with Gasteiger partial charge in [0.05, 0.1) is 0 Å². The molecule has 0 aromatic carbocycles. The van der Waals surface area contributed by atoms with E-state index in [9.17, 15) is 9.32 Å². The van der Waals surface area contributed by atoms with Crippen molar-refractivity contribution in [3.05, 3.63) is 0 Å². The molecule has 0 saturated heterocycles. The van der Waals surface area contributed by atoms with Crippen LogP contribution in [0.15, 0.2) is 0 Å². The summed E-state index contributed by atoms with van der Waals surface area (Å²) in [4.78, 5) is 13.3. The standard InChI is InChI=1S/C8H15FO2.Al.Cu.3H/c1-2-3-4-5-6-7-8(10)11-9;;;;;/h2-7H2,1H3;;;;;. The molecule has 13 heavy (non-hydrogen) atoms. The van der Waals surface area contributed by atoms with E-state index in [1.54, 1.807) is 0 Å². The van der Waals surface area contributed by atoms with Crippen LogP contribution in [0.5, 0.6) is 0 Å². The first-order chi connectivity index (χ1) is 5.31. The van der Waals surface area contributed by atoms with Crippen LogP contribution >= 0.6 is 0 Å². The third kappa shape index (κ3) is 15.2. The quantitative estimate of drug-likeness (QED) is 0.532. The monoisotopic (exact) mass is 255 g/mol. The zero-order chi connectivity index (χ0) is 8.53. The van der Waals surface area contributed by atoms with Gasteiger partial charge in [-0.25, -0.2) is 4.79 Å².